The lowest BCUT2D eigenvalue weighted by atomic mass is 10.5. The van der Waals surface area contributed by atoms with E-state index in [1.54, 1.807) is 42.7 Å². The maximum absolute atomic E-state index is 5.54. The van der Waals surface area contributed by atoms with Crippen molar-refractivity contribution in [1.82, 2.24) is 0 Å². The summed E-state index contributed by atoms with van der Waals surface area (Å²) in [4.78, 5) is 0. The van der Waals surface area contributed by atoms with Gasteiger partial charge < -0.3 is 45.5 Å². The van der Waals surface area contributed by atoms with Crippen LogP contribution in [0.2, 0.25) is 12.1 Å². The highest BCUT2D eigenvalue weighted by atomic mass is 28.4. The zero-order valence-electron chi connectivity index (χ0n) is 19.6. The van der Waals surface area contributed by atoms with Crippen LogP contribution >= 0.6 is 0 Å². The summed E-state index contributed by atoms with van der Waals surface area (Å²) in [7, 11) is 4.69. The van der Waals surface area contributed by atoms with Crippen molar-refractivity contribution < 1.29 is 45.5 Å². The molecule has 0 aliphatic heterocycles. The van der Waals surface area contributed by atoms with Gasteiger partial charge in [-0.3, -0.25) is 0 Å². The molecule has 0 radical (unpaired) electrons. The van der Waals surface area contributed by atoms with Crippen LogP contribution in [0.4, 0.5) is 0 Å². The third-order valence-corrected chi connectivity index (χ3v) is 10.2. The van der Waals surface area contributed by atoms with Crippen LogP contribution in [0.15, 0.2) is 0 Å². The van der Waals surface area contributed by atoms with Crippen molar-refractivity contribution in [3.63, 3.8) is 0 Å². The van der Waals surface area contributed by atoms with Gasteiger partial charge in [0.2, 0.25) is 0 Å². The Morgan fingerprint density at radius 2 is 0.600 bits per heavy atom. The van der Waals surface area contributed by atoms with Gasteiger partial charge in [0.15, 0.2) is 0 Å². The molecule has 0 spiro atoms. The van der Waals surface area contributed by atoms with Crippen LogP contribution in [0.1, 0.15) is 12.8 Å². The molecule has 0 atom stereocenters. The molecule has 0 heterocycles. The van der Waals surface area contributed by atoms with Crippen LogP contribution in [0.3, 0.4) is 0 Å². The minimum absolute atomic E-state index is 0.528. The molecule has 0 unspecified atom stereocenters. The van der Waals surface area contributed by atoms with Gasteiger partial charge in [0, 0.05) is 68.0 Å². The normalized spacial score (nSPS) is 12.6. The van der Waals surface area contributed by atoms with Crippen molar-refractivity contribution in [2.75, 3.05) is 95.5 Å². The zero-order chi connectivity index (χ0) is 22.6. The Hall–Kier alpha value is 0.0338. The third kappa shape index (κ3) is 13.4. The summed E-state index contributed by atoms with van der Waals surface area (Å²) in [6, 6.07) is 1.45. The molecule has 182 valence electrons. The summed E-state index contributed by atoms with van der Waals surface area (Å²) in [5.74, 6) is 0. The van der Waals surface area contributed by atoms with E-state index < -0.39 is 17.6 Å². The average molecular weight is 475 g/mol. The maximum atomic E-state index is 5.54. The highest BCUT2D eigenvalue weighted by molar-refractivity contribution is 6.60. The van der Waals surface area contributed by atoms with Gasteiger partial charge in [-0.05, 0) is 12.8 Å². The second-order valence-corrected chi connectivity index (χ2v) is 12.4. The SMILES string of the molecule is CO[Si](CCCOCCOCCOCCOCCC[Si](OC)(OC)OC)(OC)OC. The van der Waals surface area contributed by atoms with Gasteiger partial charge in [0.1, 0.15) is 0 Å². The molecule has 0 aliphatic rings. The van der Waals surface area contributed by atoms with Crippen molar-refractivity contribution in [3.8, 4) is 0 Å². The molecule has 30 heavy (non-hydrogen) atoms. The van der Waals surface area contributed by atoms with E-state index in [-0.39, 0.29) is 0 Å². The smallest absolute Gasteiger partial charge is 0.379 e. The Balaban J connectivity index is 3.38. The van der Waals surface area contributed by atoms with E-state index in [1.807, 2.05) is 0 Å². The second kappa shape index (κ2) is 19.7. The molecule has 0 saturated heterocycles. The fourth-order valence-corrected chi connectivity index (χ4v) is 6.04. The highest BCUT2D eigenvalue weighted by Gasteiger charge is 2.37. The van der Waals surface area contributed by atoms with E-state index in [0.29, 0.717) is 52.9 Å². The Bertz CT molecular complexity index is 320. The molecule has 0 aromatic heterocycles. The van der Waals surface area contributed by atoms with Crippen LogP contribution in [0, 0.1) is 0 Å². The van der Waals surface area contributed by atoms with Gasteiger partial charge in [-0.15, -0.1) is 0 Å². The van der Waals surface area contributed by atoms with E-state index in [2.05, 4.69) is 0 Å². The Morgan fingerprint density at radius 3 is 0.833 bits per heavy atom. The summed E-state index contributed by atoms with van der Waals surface area (Å²) in [6.45, 7) is 4.44. The fraction of sp³-hybridized carbons (Fsp3) is 1.00. The number of ether oxygens (including phenoxy) is 4. The van der Waals surface area contributed by atoms with Crippen molar-refractivity contribution in [2.24, 2.45) is 0 Å². The maximum Gasteiger partial charge on any atom is 0.500 e. The third-order valence-electron chi connectivity index (χ3n) is 4.53. The van der Waals surface area contributed by atoms with E-state index in [9.17, 15) is 0 Å². The van der Waals surface area contributed by atoms with E-state index >= 15 is 0 Å². The van der Waals surface area contributed by atoms with Gasteiger partial charge in [-0.1, -0.05) is 0 Å². The first kappa shape index (κ1) is 30.0. The first-order valence-electron chi connectivity index (χ1n) is 10.2. The predicted octanol–water partition coefficient (Wildman–Crippen LogP) is 1.59. The van der Waals surface area contributed by atoms with E-state index in [1.165, 1.54) is 0 Å². The average Bonchev–Trinajstić information content (AvgIpc) is 2.79. The quantitative estimate of drug-likeness (QED) is 0.161. The molecule has 0 rings (SSSR count). The largest absolute Gasteiger partial charge is 0.500 e. The molecule has 0 bridgehead atoms. The molecule has 0 N–H and O–H groups in total. The van der Waals surface area contributed by atoms with Crippen molar-refractivity contribution in [1.29, 1.82) is 0 Å². The molecule has 0 aliphatic carbocycles. The van der Waals surface area contributed by atoms with E-state index in [0.717, 1.165) is 24.9 Å². The Labute approximate surface area is 184 Å². The molecule has 0 aromatic rings. The molecule has 0 saturated carbocycles. The molecular formula is C18H42O10Si2. The van der Waals surface area contributed by atoms with Crippen molar-refractivity contribution >= 4 is 17.6 Å². The molecule has 12 heteroatoms. The molecule has 10 nitrogen and oxygen atoms in total. The summed E-state index contributed by atoms with van der Waals surface area (Å²) in [5, 5.41) is 0. The van der Waals surface area contributed by atoms with Gasteiger partial charge in [0.25, 0.3) is 0 Å². The topological polar surface area (TPSA) is 92.3 Å². The van der Waals surface area contributed by atoms with Crippen molar-refractivity contribution in [2.45, 2.75) is 24.9 Å². The van der Waals surface area contributed by atoms with Gasteiger partial charge >= 0.3 is 17.6 Å². The lowest BCUT2D eigenvalue weighted by molar-refractivity contribution is -0.00233. The number of hydrogen-bond donors (Lipinski definition) is 0. The van der Waals surface area contributed by atoms with Crippen LogP contribution in [-0.4, -0.2) is 113 Å². The summed E-state index contributed by atoms with van der Waals surface area (Å²) < 4.78 is 54.2. The van der Waals surface area contributed by atoms with E-state index in [4.69, 9.17) is 45.5 Å². The van der Waals surface area contributed by atoms with Crippen LogP contribution < -0.4 is 0 Å². The Morgan fingerprint density at radius 1 is 0.367 bits per heavy atom. The van der Waals surface area contributed by atoms with Gasteiger partial charge in [-0.2, -0.15) is 0 Å². The summed E-state index contributed by atoms with van der Waals surface area (Å²) in [5.41, 5.74) is 0. The first-order chi connectivity index (χ1) is 14.6. The second-order valence-electron chi connectivity index (χ2n) is 6.25. The van der Waals surface area contributed by atoms with Crippen LogP contribution in [0.25, 0.3) is 0 Å². The summed E-state index contributed by atoms with van der Waals surface area (Å²) in [6.07, 6.45) is 1.63. The monoisotopic (exact) mass is 474 g/mol. The zero-order valence-corrected chi connectivity index (χ0v) is 21.6. The van der Waals surface area contributed by atoms with Gasteiger partial charge in [0.05, 0.1) is 39.6 Å². The van der Waals surface area contributed by atoms with Crippen LogP contribution in [-0.2, 0) is 45.5 Å². The fourth-order valence-electron chi connectivity index (χ4n) is 2.66. The summed E-state index contributed by atoms with van der Waals surface area (Å²) >= 11 is 0. The lowest BCUT2D eigenvalue weighted by Crippen LogP contribution is -2.42. The van der Waals surface area contributed by atoms with Crippen molar-refractivity contribution in [3.05, 3.63) is 0 Å². The number of hydrogen-bond acceptors (Lipinski definition) is 10. The molecular weight excluding hydrogens is 432 g/mol. The lowest BCUT2D eigenvalue weighted by Gasteiger charge is -2.24. The standard InChI is InChI=1S/C18H42O10Si2/c1-19-29(20-2,21-3)17-7-9-25-11-13-27-15-16-28-14-12-26-10-8-18-30(22-4,23-5)24-6/h7-18H2,1-6H3. The van der Waals surface area contributed by atoms with Crippen LogP contribution in [0.5, 0.6) is 0 Å². The number of rotatable bonds is 23. The molecule has 0 aromatic carbocycles. The first-order valence-corrected chi connectivity index (χ1v) is 14.1. The molecule has 0 fully saturated rings. The van der Waals surface area contributed by atoms with Gasteiger partial charge in [-0.25, -0.2) is 0 Å². The Kier molecular flexibility index (Phi) is 19.7. The minimum Gasteiger partial charge on any atom is -0.379 e. The minimum atomic E-state index is -2.49. The predicted molar refractivity (Wildman–Crippen MR) is 116 cm³/mol. The molecule has 0 amide bonds. The highest BCUT2D eigenvalue weighted by Crippen LogP contribution is 2.15.